The van der Waals surface area contributed by atoms with Gasteiger partial charge in [-0.3, -0.25) is 9.10 Å². The number of methoxy groups -OCH3 is 2. The first-order valence-electron chi connectivity index (χ1n) is 7.67. The Morgan fingerprint density at radius 2 is 1.75 bits per heavy atom. The lowest BCUT2D eigenvalue weighted by molar-refractivity contribution is 0.0949. The van der Waals surface area contributed by atoms with E-state index in [1.165, 1.54) is 30.7 Å². The van der Waals surface area contributed by atoms with Gasteiger partial charge in [-0.25, -0.2) is 8.42 Å². The van der Waals surface area contributed by atoms with Gasteiger partial charge in [0.05, 0.1) is 31.7 Å². The van der Waals surface area contributed by atoms with Crippen LogP contribution in [0.3, 0.4) is 0 Å². The molecule has 1 rings (SSSR count). The SMILES string of the molecule is CCN(c1cc(OC)c(OC)cc1C(=O)NCC(C)C)S(C)(=O)=O. The zero-order valence-electron chi connectivity index (χ0n) is 15.0. The third kappa shape index (κ3) is 4.77. The molecule has 0 fully saturated rings. The summed E-state index contributed by atoms with van der Waals surface area (Å²) >= 11 is 0. The molecule has 8 heteroatoms. The maximum absolute atomic E-state index is 12.6. The van der Waals surface area contributed by atoms with Crippen molar-refractivity contribution in [2.45, 2.75) is 20.8 Å². The number of anilines is 1. The van der Waals surface area contributed by atoms with Crippen LogP contribution in [0, 0.1) is 5.92 Å². The number of carbonyl (C=O) groups excluding carboxylic acids is 1. The second-order valence-electron chi connectivity index (χ2n) is 5.76. The van der Waals surface area contributed by atoms with Gasteiger partial charge in [0.2, 0.25) is 10.0 Å². The molecule has 0 aliphatic carbocycles. The maximum atomic E-state index is 12.6. The summed E-state index contributed by atoms with van der Waals surface area (Å²) in [6.45, 7) is 6.33. The summed E-state index contributed by atoms with van der Waals surface area (Å²) in [4.78, 5) is 12.6. The molecule has 0 bridgehead atoms. The zero-order chi connectivity index (χ0) is 18.5. The first kappa shape index (κ1) is 20.1. The molecule has 0 radical (unpaired) electrons. The number of ether oxygens (including phenoxy) is 2. The standard InChI is InChI=1S/C16H26N2O5S/c1-7-18(24(6,20)21)13-9-15(23-5)14(22-4)8-12(13)16(19)17-10-11(2)3/h8-9,11H,7,10H2,1-6H3,(H,17,19). The molecular formula is C16H26N2O5S. The Balaban J connectivity index is 3.50. The average molecular weight is 358 g/mol. The Morgan fingerprint density at radius 1 is 1.21 bits per heavy atom. The van der Waals surface area contributed by atoms with Gasteiger partial charge in [0.1, 0.15) is 0 Å². The highest BCUT2D eigenvalue weighted by molar-refractivity contribution is 7.92. The highest BCUT2D eigenvalue weighted by Crippen LogP contribution is 2.36. The molecule has 0 heterocycles. The van der Waals surface area contributed by atoms with Crippen LogP contribution in [-0.4, -0.2) is 47.9 Å². The number of sulfonamides is 1. The fourth-order valence-corrected chi connectivity index (χ4v) is 3.21. The van der Waals surface area contributed by atoms with E-state index in [1.54, 1.807) is 6.92 Å². The zero-order valence-corrected chi connectivity index (χ0v) is 15.9. The predicted octanol–water partition coefficient (Wildman–Crippen LogP) is 1.88. The van der Waals surface area contributed by atoms with Crippen LogP contribution in [0.25, 0.3) is 0 Å². The fourth-order valence-electron chi connectivity index (χ4n) is 2.23. The van der Waals surface area contributed by atoms with Gasteiger partial charge >= 0.3 is 0 Å². The van der Waals surface area contributed by atoms with E-state index >= 15 is 0 Å². The molecule has 24 heavy (non-hydrogen) atoms. The van der Waals surface area contributed by atoms with Crippen molar-refractivity contribution in [3.63, 3.8) is 0 Å². The number of rotatable bonds is 8. The van der Waals surface area contributed by atoms with E-state index in [0.717, 1.165) is 6.26 Å². The quantitative estimate of drug-likeness (QED) is 0.767. The van der Waals surface area contributed by atoms with Crippen LogP contribution in [0.2, 0.25) is 0 Å². The Morgan fingerprint density at radius 3 is 2.17 bits per heavy atom. The monoisotopic (exact) mass is 358 g/mol. The van der Waals surface area contributed by atoms with E-state index < -0.39 is 10.0 Å². The van der Waals surface area contributed by atoms with Crippen molar-refractivity contribution in [1.29, 1.82) is 0 Å². The number of carbonyl (C=O) groups is 1. The number of nitrogens with one attached hydrogen (secondary N) is 1. The van der Waals surface area contributed by atoms with Crippen molar-refractivity contribution in [2.75, 3.05) is 37.9 Å². The number of hydrogen-bond acceptors (Lipinski definition) is 5. The van der Waals surface area contributed by atoms with Gasteiger partial charge < -0.3 is 14.8 Å². The largest absolute Gasteiger partial charge is 0.493 e. The lowest BCUT2D eigenvalue weighted by Crippen LogP contribution is -2.34. The van der Waals surface area contributed by atoms with Gasteiger partial charge in [0.15, 0.2) is 11.5 Å². The van der Waals surface area contributed by atoms with Crippen molar-refractivity contribution in [2.24, 2.45) is 5.92 Å². The number of nitrogens with zero attached hydrogens (tertiary/aromatic N) is 1. The molecule has 0 atom stereocenters. The third-order valence-corrected chi connectivity index (χ3v) is 4.63. The summed E-state index contributed by atoms with van der Waals surface area (Å²) in [5.74, 6) is 0.631. The minimum Gasteiger partial charge on any atom is -0.493 e. The van der Waals surface area contributed by atoms with E-state index in [4.69, 9.17) is 9.47 Å². The van der Waals surface area contributed by atoms with Crippen LogP contribution in [0.5, 0.6) is 11.5 Å². The number of hydrogen-bond donors (Lipinski definition) is 1. The van der Waals surface area contributed by atoms with Crippen LogP contribution < -0.4 is 19.1 Å². The Hall–Kier alpha value is -1.96. The van der Waals surface area contributed by atoms with Crippen molar-refractivity contribution in [3.05, 3.63) is 17.7 Å². The molecule has 1 N–H and O–H groups in total. The van der Waals surface area contributed by atoms with E-state index in [2.05, 4.69) is 5.32 Å². The smallest absolute Gasteiger partial charge is 0.253 e. The maximum Gasteiger partial charge on any atom is 0.253 e. The van der Waals surface area contributed by atoms with E-state index in [1.807, 2.05) is 13.8 Å². The molecule has 0 aromatic heterocycles. The molecule has 136 valence electrons. The molecule has 0 saturated carbocycles. The summed E-state index contributed by atoms with van der Waals surface area (Å²) in [5.41, 5.74) is 0.486. The second kappa shape index (κ2) is 8.23. The Labute approximate surface area is 144 Å². The average Bonchev–Trinajstić information content (AvgIpc) is 2.51. The van der Waals surface area contributed by atoms with Crippen LogP contribution in [-0.2, 0) is 10.0 Å². The summed E-state index contributed by atoms with van der Waals surface area (Å²) in [6.07, 6.45) is 1.10. The topological polar surface area (TPSA) is 84.9 Å². The molecule has 1 amide bonds. The van der Waals surface area contributed by atoms with Crippen LogP contribution >= 0.6 is 0 Å². The normalized spacial score (nSPS) is 11.3. The molecule has 0 aliphatic rings. The molecule has 1 aromatic rings. The molecule has 0 saturated heterocycles. The molecule has 1 aromatic carbocycles. The fraction of sp³-hybridized carbons (Fsp3) is 0.562. The van der Waals surface area contributed by atoms with Crippen LogP contribution in [0.1, 0.15) is 31.1 Å². The van der Waals surface area contributed by atoms with Gasteiger partial charge in [0.25, 0.3) is 5.91 Å². The highest BCUT2D eigenvalue weighted by atomic mass is 32.2. The van der Waals surface area contributed by atoms with E-state index in [0.29, 0.717) is 18.0 Å². The highest BCUT2D eigenvalue weighted by Gasteiger charge is 2.25. The van der Waals surface area contributed by atoms with Gasteiger partial charge in [-0.15, -0.1) is 0 Å². The van der Waals surface area contributed by atoms with Crippen LogP contribution in [0.4, 0.5) is 5.69 Å². The first-order valence-corrected chi connectivity index (χ1v) is 9.52. The van der Waals surface area contributed by atoms with Gasteiger partial charge in [0, 0.05) is 19.2 Å². The minimum absolute atomic E-state index is 0.193. The lowest BCUT2D eigenvalue weighted by atomic mass is 10.1. The van der Waals surface area contributed by atoms with Gasteiger partial charge in [-0.1, -0.05) is 13.8 Å². The van der Waals surface area contributed by atoms with Crippen molar-refractivity contribution in [3.8, 4) is 11.5 Å². The Kier molecular flexibility index (Phi) is 6.89. The van der Waals surface area contributed by atoms with Crippen molar-refractivity contribution < 1.29 is 22.7 Å². The minimum atomic E-state index is -3.54. The Bertz CT molecular complexity index is 686. The summed E-state index contributed by atoms with van der Waals surface area (Å²) in [6, 6.07) is 3.01. The van der Waals surface area contributed by atoms with Crippen LogP contribution in [0.15, 0.2) is 12.1 Å². The molecule has 7 nitrogen and oxygen atoms in total. The van der Waals surface area contributed by atoms with E-state index in [-0.39, 0.29) is 29.6 Å². The van der Waals surface area contributed by atoms with Gasteiger partial charge in [-0.05, 0) is 18.9 Å². The summed E-state index contributed by atoms with van der Waals surface area (Å²) < 4.78 is 35.8. The van der Waals surface area contributed by atoms with Gasteiger partial charge in [-0.2, -0.15) is 0 Å². The predicted molar refractivity (Wildman–Crippen MR) is 94.6 cm³/mol. The first-order chi connectivity index (χ1) is 11.1. The lowest BCUT2D eigenvalue weighted by Gasteiger charge is -2.24. The number of amides is 1. The molecule has 0 spiro atoms. The summed E-state index contributed by atoms with van der Waals surface area (Å²) in [7, 11) is -0.628. The van der Waals surface area contributed by atoms with E-state index in [9.17, 15) is 13.2 Å². The molecule has 0 aliphatic heterocycles. The summed E-state index contributed by atoms with van der Waals surface area (Å²) in [5, 5.41) is 2.80. The molecule has 0 unspecified atom stereocenters. The number of benzene rings is 1. The second-order valence-corrected chi connectivity index (χ2v) is 7.66. The molecular weight excluding hydrogens is 332 g/mol. The third-order valence-electron chi connectivity index (χ3n) is 3.37. The van der Waals surface area contributed by atoms with Crippen molar-refractivity contribution in [1.82, 2.24) is 5.32 Å². The van der Waals surface area contributed by atoms with Crippen molar-refractivity contribution >= 4 is 21.6 Å².